The standard InChI is InChI=1S/C17H15F3N2O/c1-11-5-3-4-6-15(11)23-10-16-21-13-9-12(17(18,19)20)7-8-14(13)22(16)2/h3-9H,10H2,1-2H3. The van der Waals surface area contributed by atoms with E-state index in [1.807, 2.05) is 31.2 Å². The first-order valence-corrected chi connectivity index (χ1v) is 7.07. The number of hydrogen-bond acceptors (Lipinski definition) is 2. The van der Waals surface area contributed by atoms with Crippen molar-refractivity contribution in [1.82, 2.24) is 9.55 Å². The van der Waals surface area contributed by atoms with Gasteiger partial charge in [-0.15, -0.1) is 0 Å². The van der Waals surface area contributed by atoms with Gasteiger partial charge >= 0.3 is 6.18 Å². The van der Waals surface area contributed by atoms with E-state index in [9.17, 15) is 13.2 Å². The number of ether oxygens (including phenoxy) is 1. The molecule has 3 aromatic rings. The number of halogens is 3. The molecule has 0 saturated carbocycles. The largest absolute Gasteiger partial charge is 0.485 e. The Morgan fingerprint density at radius 3 is 2.57 bits per heavy atom. The van der Waals surface area contributed by atoms with Crippen LogP contribution in [0.15, 0.2) is 42.5 Å². The fourth-order valence-corrected chi connectivity index (χ4v) is 2.42. The summed E-state index contributed by atoms with van der Waals surface area (Å²) in [6, 6.07) is 11.1. The number of benzene rings is 2. The second-order valence-corrected chi connectivity index (χ2v) is 5.34. The summed E-state index contributed by atoms with van der Waals surface area (Å²) >= 11 is 0. The first kappa shape index (κ1) is 15.4. The molecule has 0 fully saturated rings. The van der Waals surface area contributed by atoms with Crippen molar-refractivity contribution in [3.63, 3.8) is 0 Å². The molecule has 1 heterocycles. The molecule has 0 atom stereocenters. The predicted molar refractivity (Wildman–Crippen MR) is 81.2 cm³/mol. The zero-order valence-corrected chi connectivity index (χ0v) is 12.7. The molecule has 0 N–H and O–H groups in total. The summed E-state index contributed by atoms with van der Waals surface area (Å²) in [5.74, 6) is 1.30. The third-order valence-electron chi connectivity index (χ3n) is 3.75. The second kappa shape index (κ2) is 5.61. The van der Waals surface area contributed by atoms with Crippen LogP contribution >= 0.6 is 0 Å². The van der Waals surface area contributed by atoms with E-state index in [1.54, 1.807) is 11.6 Å². The molecule has 0 unspecified atom stereocenters. The lowest BCUT2D eigenvalue weighted by Gasteiger charge is -2.08. The molecule has 0 bridgehead atoms. The Morgan fingerprint density at radius 1 is 1.13 bits per heavy atom. The lowest BCUT2D eigenvalue weighted by molar-refractivity contribution is -0.137. The monoisotopic (exact) mass is 320 g/mol. The molecule has 0 amide bonds. The molecule has 120 valence electrons. The highest BCUT2D eigenvalue weighted by Crippen LogP contribution is 2.31. The number of aryl methyl sites for hydroxylation is 2. The Kier molecular flexibility index (Phi) is 3.75. The number of imidazole rings is 1. The van der Waals surface area contributed by atoms with Crippen LogP contribution in [0.4, 0.5) is 13.2 Å². The maximum absolute atomic E-state index is 12.8. The fourth-order valence-electron chi connectivity index (χ4n) is 2.42. The van der Waals surface area contributed by atoms with Gasteiger partial charge in [-0.05, 0) is 36.8 Å². The number of hydrogen-bond donors (Lipinski definition) is 0. The molecule has 1 aromatic heterocycles. The van der Waals surface area contributed by atoms with E-state index in [-0.39, 0.29) is 6.61 Å². The average molecular weight is 320 g/mol. The topological polar surface area (TPSA) is 27.1 Å². The van der Waals surface area contributed by atoms with Crippen LogP contribution in [0, 0.1) is 6.92 Å². The van der Waals surface area contributed by atoms with Gasteiger partial charge in [-0.3, -0.25) is 0 Å². The van der Waals surface area contributed by atoms with Crippen LogP contribution in [0.1, 0.15) is 17.0 Å². The van der Waals surface area contributed by atoms with Crippen molar-refractivity contribution in [2.75, 3.05) is 0 Å². The van der Waals surface area contributed by atoms with Gasteiger partial charge in [0.2, 0.25) is 0 Å². The molecular weight excluding hydrogens is 305 g/mol. The Bertz CT molecular complexity index is 853. The average Bonchev–Trinajstić information content (AvgIpc) is 2.81. The molecule has 0 aliphatic heterocycles. The van der Waals surface area contributed by atoms with Crippen molar-refractivity contribution in [2.24, 2.45) is 7.05 Å². The molecule has 3 rings (SSSR count). The normalized spacial score (nSPS) is 11.9. The van der Waals surface area contributed by atoms with Crippen molar-refractivity contribution in [3.8, 4) is 5.75 Å². The zero-order valence-electron chi connectivity index (χ0n) is 12.7. The van der Waals surface area contributed by atoms with Gasteiger partial charge < -0.3 is 9.30 Å². The third kappa shape index (κ3) is 3.02. The van der Waals surface area contributed by atoms with Crippen molar-refractivity contribution in [1.29, 1.82) is 0 Å². The van der Waals surface area contributed by atoms with Gasteiger partial charge in [0.1, 0.15) is 18.2 Å². The highest BCUT2D eigenvalue weighted by Gasteiger charge is 2.31. The SMILES string of the molecule is Cc1ccccc1OCc1nc2cc(C(F)(F)F)ccc2n1C. The highest BCUT2D eigenvalue weighted by atomic mass is 19.4. The van der Waals surface area contributed by atoms with Crippen LogP contribution < -0.4 is 4.74 Å². The van der Waals surface area contributed by atoms with Gasteiger partial charge in [-0.25, -0.2) is 4.98 Å². The number of nitrogens with zero attached hydrogens (tertiary/aromatic N) is 2. The van der Waals surface area contributed by atoms with E-state index in [2.05, 4.69) is 4.98 Å². The van der Waals surface area contributed by atoms with E-state index in [4.69, 9.17) is 4.74 Å². The zero-order chi connectivity index (χ0) is 16.6. The summed E-state index contributed by atoms with van der Waals surface area (Å²) in [7, 11) is 1.76. The van der Waals surface area contributed by atoms with Gasteiger partial charge in [0, 0.05) is 7.05 Å². The minimum Gasteiger partial charge on any atom is -0.485 e. The molecule has 23 heavy (non-hydrogen) atoms. The van der Waals surface area contributed by atoms with E-state index in [0.29, 0.717) is 16.9 Å². The summed E-state index contributed by atoms with van der Waals surface area (Å²) in [6.07, 6.45) is -4.37. The molecule has 0 aliphatic rings. The number of fused-ring (bicyclic) bond motifs is 1. The van der Waals surface area contributed by atoms with Crippen LogP contribution in [-0.2, 0) is 19.8 Å². The van der Waals surface area contributed by atoms with Crippen molar-refractivity contribution in [2.45, 2.75) is 19.7 Å². The van der Waals surface area contributed by atoms with Crippen LogP contribution in [-0.4, -0.2) is 9.55 Å². The lowest BCUT2D eigenvalue weighted by Crippen LogP contribution is -2.04. The molecule has 0 spiro atoms. The Labute approximate surface area is 131 Å². The molecule has 0 saturated heterocycles. The maximum Gasteiger partial charge on any atom is 0.416 e. The smallest absolute Gasteiger partial charge is 0.416 e. The Balaban J connectivity index is 1.90. The molecule has 0 radical (unpaired) electrons. The summed E-state index contributed by atoms with van der Waals surface area (Å²) in [4.78, 5) is 4.27. The van der Waals surface area contributed by atoms with Gasteiger partial charge in [0.25, 0.3) is 0 Å². The maximum atomic E-state index is 12.8. The van der Waals surface area contributed by atoms with E-state index in [1.165, 1.54) is 6.07 Å². The van der Waals surface area contributed by atoms with Gasteiger partial charge in [0.15, 0.2) is 0 Å². The molecule has 0 aliphatic carbocycles. The van der Waals surface area contributed by atoms with E-state index < -0.39 is 11.7 Å². The van der Waals surface area contributed by atoms with E-state index >= 15 is 0 Å². The fraction of sp³-hybridized carbons (Fsp3) is 0.235. The molecular formula is C17H15F3N2O. The summed E-state index contributed by atoms with van der Waals surface area (Å²) in [6.45, 7) is 2.12. The summed E-state index contributed by atoms with van der Waals surface area (Å²) < 4.78 is 45.8. The molecule has 2 aromatic carbocycles. The van der Waals surface area contributed by atoms with Gasteiger partial charge in [-0.2, -0.15) is 13.2 Å². The minimum atomic E-state index is -4.37. The lowest BCUT2D eigenvalue weighted by atomic mass is 10.2. The molecule has 3 nitrogen and oxygen atoms in total. The Morgan fingerprint density at radius 2 is 1.87 bits per heavy atom. The van der Waals surface area contributed by atoms with Crippen molar-refractivity contribution >= 4 is 11.0 Å². The highest BCUT2D eigenvalue weighted by molar-refractivity contribution is 5.77. The number of aromatic nitrogens is 2. The van der Waals surface area contributed by atoms with Crippen LogP contribution in [0.5, 0.6) is 5.75 Å². The number of rotatable bonds is 3. The third-order valence-corrected chi connectivity index (χ3v) is 3.75. The van der Waals surface area contributed by atoms with Crippen LogP contribution in [0.2, 0.25) is 0 Å². The Hall–Kier alpha value is -2.50. The molecule has 6 heteroatoms. The summed E-state index contributed by atoms with van der Waals surface area (Å²) in [5.41, 5.74) is 1.24. The predicted octanol–water partition coefficient (Wildman–Crippen LogP) is 4.48. The van der Waals surface area contributed by atoms with Gasteiger partial charge in [0.05, 0.1) is 16.6 Å². The summed E-state index contributed by atoms with van der Waals surface area (Å²) in [5, 5.41) is 0. The number of para-hydroxylation sites is 1. The minimum absolute atomic E-state index is 0.192. The first-order valence-electron chi connectivity index (χ1n) is 7.07. The quantitative estimate of drug-likeness (QED) is 0.711. The van der Waals surface area contributed by atoms with Crippen molar-refractivity contribution < 1.29 is 17.9 Å². The van der Waals surface area contributed by atoms with Crippen LogP contribution in [0.25, 0.3) is 11.0 Å². The number of alkyl halides is 3. The van der Waals surface area contributed by atoms with Crippen molar-refractivity contribution in [3.05, 3.63) is 59.4 Å². The second-order valence-electron chi connectivity index (χ2n) is 5.34. The van der Waals surface area contributed by atoms with Crippen LogP contribution in [0.3, 0.4) is 0 Å². The van der Waals surface area contributed by atoms with Gasteiger partial charge in [-0.1, -0.05) is 18.2 Å². The first-order chi connectivity index (χ1) is 10.9. The van der Waals surface area contributed by atoms with E-state index in [0.717, 1.165) is 23.4 Å².